The lowest BCUT2D eigenvalue weighted by atomic mass is 9.85. The number of nitrogen functional groups attached to an aromatic ring is 1. The van der Waals surface area contributed by atoms with Gasteiger partial charge in [0.2, 0.25) is 0 Å². The summed E-state index contributed by atoms with van der Waals surface area (Å²) in [4.78, 5) is 8.36. The molecule has 0 spiro atoms. The van der Waals surface area contributed by atoms with Crippen LogP contribution >= 0.6 is 0 Å². The zero-order valence-corrected chi connectivity index (χ0v) is 19.3. The van der Waals surface area contributed by atoms with Gasteiger partial charge in [-0.25, -0.2) is 0 Å². The first-order chi connectivity index (χ1) is 16.8. The van der Waals surface area contributed by atoms with Crippen LogP contribution in [0.15, 0.2) is 85.1 Å². The van der Waals surface area contributed by atoms with Crippen molar-refractivity contribution in [1.82, 2.24) is 0 Å². The normalized spacial score (nSPS) is 12.1. The number of nitrogens with two attached hydrogens (primary N) is 2. The minimum Gasteiger partial charge on any atom is -0.510 e. The minimum atomic E-state index is -1.88. The minimum absolute atomic E-state index is 0. The van der Waals surface area contributed by atoms with Crippen LogP contribution in [0.25, 0.3) is 22.3 Å². The second kappa shape index (κ2) is 15.8. The molecule has 0 fully saturated rings. The highest BCUT2D eigenvalue weighted by atomic mass is 16.4. The molecule has 0 saturated carbocycles. The molecule has 0 aliphatic carbocycles. The lowest BCUT2D eigenvalue weighted by Crippen LogP contribution is -2.38. The van der Waals surface area contributed by atoms with E-state index >= 15 is 0 Å². The summed E-state index contributed by atoms with van der Waals surface area (Å²) in [7, 11) is 0. The number of hydrazine groups is 1. The van der Waals surface area contributed by atoms with Gasteiger partial charge in [-0.3, -0.25) is 10.6 Å². The van der Waals surface area contributed by atoms with E-state index in [1.54, 1.807) is 0 Å². The lowest BCUT2D eigenvalue weighted by Gasteiger charge is -2.29. The highest BCUT2D eigenvalue weighted by Crippen LogP contribution is 2.35. The van der Waals surface area contributed by atoms with Crippen molar-refractivity contribution in [2.24, 2.45) is 11.6 Å². The summed E-state index contributed by atoms with van der Waals surface area (Å²) in [6.45, 7) is 4.95. The van der Waals surface area contributed by atoms with E-state index in [0.29, 0.717) is 0 Å². The number of aliphatic hydroxyl groups is 3. The Morgan fingerprint density at radius 1 is 1.03 bits per heavy atom. The quantitative estimate of drug-likeness (QED) is 0.0752. The van der Waals surface area contributed by atoms with Crippen LogP contribution in [-0.4, -0.2) is 45.8 Å². The molecule has 0 bridgehead atoms. The molecule has 9 heteroatoms. The average Bonchev–Trinajstić information content (AvgIpc) is 2.90. The van der Waals surface area contributed by atoms with Crippen LogP contribution in [0.3, 0.4) is 0 Å². The molecule has 36 heavy (non-hydrogen) atoms. The van der Waals surface area contributed by atoms with Gasteiger partial charge in [0, 0.05) is 18.2 Å². The van der Waals surface area contributed by atoms with Gasteiger partial charge in [0.05, 0.1) is 6.61 Å². The molecule has 3 aromatic rings. The van der Waals surface area contributed by atoms with Crippen LogP contribution < -0.4 is 17.0 Å². The number of benzene rings is 3. The third kappa shape index (κ3) is 8.33. The molecular weight excluding hydrogens is 460 g/mol. The zero-order valence-electron chi connectivity index (χ0n) is 19.3. The van der Waals surface area contributed by atoms with Crippen molar-refractivity contribution in [3.8, 4) is 22.3 Å². The molecule has 10 N–H and O–H groups in total. The summed E-state index contributed by atoms with van der Waals surface area (Å²) in [5.41, 5.74) is 12.6. The Labute approximate surface area is 211 Å². The first-order valence-electron chi connectivity index (χ1n) is 10.5. The average molecular weight is 497 g/mol. The van der Waals surface area contributed by atoms with E-state index in [4.69, 9.17) is 26.9 Å². The van der Waals surface area contributed by atoms with Crippen LogP contribution in [0, 0.1) is 5.41 Å². The lowest BCUT2D eigenvalue weighted by molar-refractivity contribution is -0.122. The maximum absolute atomic E-state index is 10.5. The fourth-order valence-corrected chi connectivity index (χ4v) is 3.44. The molecule has 3 rings (SSSR count). The topological polar surface area (TPSA) is 186 Å². The Hall–Kier alpha value is -4.02. The first-order valence-corrected chi connectivity index (χ1v) is 10.5. The Morgan fingerprint density at radius 2 is 1.56 bits per heavy atom. The van der Waals surface area contributed by atoms with Crippen molar-refractivity contribution in [3.63, 3.8) is 0 Å². The molecule has 194 valence electrons. The molecular formula is C27H36N4O5. The molecule has 3 aromatic carbocycles. The van der Waals surface area contributed by atoms with Gasteiger partial charge < -0.3 is 37.0 Å². The van der Waals surface area contributed by atoms with Gasteiger partial charge in [-0.2, -0.15) is 0 Å². The summed E-state index contributed by atoms with van der Waals surface area (Å²) in [5, 5.41) is 42.3. The fraction of sp³-hybridized carbons (Fsp3) is 0.185. The van der Waals surface area contributed by atoms with E-state index < -0.39 is 24.0 Å². The van der Waals surface area contributed by atoms with Crippen molar-refractivity contribution in [3.05, 3.63) is 90.7 Å². The number of hydrogen-bond acceptors (Lipinski definition) is 8. The molecule has 0 heterocycles. The SMILES string of the molecule is C.C=C(O)C(O)(CO)CC(N)c1cc(-c2ccc(NN)cc2)ccc1-c1ccccc1.C=N.O=CO. The molecule has 0 radical (unpaired) electrons. The van der Waals surface area contributed by atoms with Crippen LogP contribution in [0.5, 0.6) is 0 Å². The number of nitrogens with one attached hydrogen (secondary N) is 2. The smallest absolute Gasteiger partial charge is 0.290 e. The molecule has 0 saturated heterocycles. The van der Waals surface area contributed by atoms with Crippen LogP contribution in [0.1, 0.15) is 25.5 Å². The highest BCUT2D eigenvalue weighted by Gasteiger charge is 2.33. The van der Waals surface area contributed by atoms with Gasteiger partial charge in [0.1, 0.15) is 11.4 Å². The van der Waals surface area contributed by atoms with Gasteiger partial charge in [0.25, 0.3) is 6.47 Å². The molecule has 2 unspecified atom stereocenters. The van der Waals surface area contributed by atoms with E-state index in [1.807, 2.05) is 72.8 Å². The maximum atomic E-state index is 10.5. The van der Waals surface area contributed by atoms with Gasteiger partial charge >= 0.3 is 0 Å². The van der Waals surface area contributed by atoms with E-state index in [1.165, 1.54) is 0 Å². The van der Waals surface area contributed by atoms with Crippen molar-refractivity contribution >= 4 is 18.9 Å². The largest absolute Gasteiger partial charge is 0.510 e. The van der Waals surface area contributed by atoms with Gasteiger partial charge in [0.15, 0.2) is 0 Å². The third-order valence-corrected chi connectivity index (χ3v) is 5.28. The first kappa shape index (κ1) is 32.0. The van der Waals surface area contributed by atoms with Crippen molar-refractivity contribution in [2.45, 2.75) is 25.5 Å². The Bertz CT molecular complexity index is 1080. The number of rotatable bonds is 8. The highest BCUT2D eigenvalue weighted by molar-refractivity contribution is 5.75. The summed E-state index contributed by atoms with van der Waals surface area (Å²) in [6.07, 6.45) is -0.0852. The summed E-state index contributed by atoms with van der Waals surface area (Å²) in [6, 6.07) is 22.7. The van der Waals surface area contributed by atoms with Crippen LogP contribution in [0.2, 0.25) is 0 Å². The molecule has 0 amide bonds. The Kier molecular flexibility index (Phi) is 14.0. The van der Waals surface area contributed by atoms with Crippen molar-refractivity contribution in [2.75, 3.05) is 12.0 Å². The van der Waals surface area contributed by atoms with E-state index in [-0.39, 0.29) is 20.3 Å². The molecule has 0 aliphatic rings. The standard InChI is InChI=1S/C24H27N3O3.CH3N.CH2O2.CH4/c1-16(29)24(30,15-28)14-23(25)22-13-19(17-7-10-20(27-26)11-8-17)9-12-21(22)18-5-3-2-4-6-18;1-2;2-1-3;/h2-13,23,27-30H,1,14-15,25-26H2;2H,1H2;1H,(H,2,3);1H4. The van der Waals surface area contributed by atoms with Gasteiger partial charge in [-0.1, -0.05) is 68.6 Å². The predicted octanol–water partition coefficient (Wildman–Crippen LogP) is 4.09. The molecule has 0 aromatic heterocycles. The summed E-state index contributed by atoms with van der Waals surface area (Å²) >= 11 is 0. The van der Waals surface area contributed by atoms with Crippen molar-refractivity contribution < 1.29 is 25.2 Å². The zero-order chi connectivity index (χ0) is 26.4. The monoisotopic (exact) mass is 496 g/mol. The molecule has 0 aliphatic heterocycles. The third-order valence-electron chi connectivity index (χ3n) is 5.28. The van der Waals surface area contributed by atoms with Crippen LogP contribution in [-0.2, 0) is 4.79 Å². The summed E-state index contributed by atoms with van der Waals surface area (Å²) < 4.78 is 0. The van der Waals surface area contributed by atoms with Crippen LogP contribution in [0.4, 0.5) is 5.69 Å². The number of aliphatic hydroxyl groups excluding tert-OH is 2. The Balaban J connectivity index is 0.00000190. The second-order valence-electron chi connectivity index (χ2n) is 7.44. The molecule has 2 atom stereocenters. The van der Waals surface area contributed by atoms with E-state index in [2.05, 4.69) is 18.7 Å². The predicted molar refractivity (Wildman–Crippen MR) is 146 cm³/mol. The number of carboxylic acid groups (broad SMARTS) is 1. The van der Waals surface area contributed by atoms with E-state index in [9.17, 15) is 15.3 Å². The number of anilines is 1. The Morgan fingerprint density at radius 3 is 2.03 bits per heavy atom. The number of carbonyl (C=O) groups is 1. The van der Waals surface area contributed by atoms with E-state index in [0.717, 1.165) is 33.5 Å². The van der Waals surface area contributed by atoms with Crippen molar-refractivity contribution in [1.29, 1.82) is 5.41 Å². The van der Waals surface area contributed by atoms with Gasteiger partial charge in [-0.05, 0) is 52.7 Å². The molecule has 9 nitrogen and oxygen atoms in total. The summed E-state index contributed by atoms with van der Waals surface area (Å²) in [5.74, 6) is 4.93. The fourth-order valence-electron chi connectivity index (χ4n) is 3.44. The second-order valence-corrected chi connectivity index (χ2v) is 7.44. The van der Waals surface area contributed by atoms with Gasteiger partial charge in [-0.15, -0.1) is 0 Å². The number of hydrogen-bond donors (Lipinski definition) is 8. The maximum Gasteiger partial charge on any atom is 0.290 e.